The minimum absolute atomic E-state index is 0.149. The summed E-state index contributed by atoms with van der Waals surface area (Å²) < 4.78 is 5.42. The molecule has 4 heteroatoms. The molecular formula is C17H30N2O2. The van der Waals surface area contributed by atoms with Gasteiger partial charge in [-0.1, -0.05) is 27.7 Å². The number of carbonyl (C=O) groups excluding carboxylic acids is 1. The number of hydrogen-bond donors (Lipinski definition) is 0. The molecule has 0 aromatic heterocycles. The second-order valence-electron chi connectivity index (χ2n) is 8.12. The Labute approximate surface area is 128 Å². The van der Waals surface area contributed by atoms with Crippen LogP contribution in [0.5, 0.6) is 0 Å². The van der Waals surface area contributed by atoms with Crippen molar-refractivity contribution < 1.29 is 9.53 Å². The smallest absolute Gasteiger partial charge is 0.227 e. The number of rotatable bonds is 3. The second-order valence-corrected chi connectivity index (χ2v) is 8.12. The summed E-state index contributed by atoms with van der Waals surface area (Å²) in [5.74, 6) is 0.607. The van der Waals surface area contributed by atoms with E-state index in [1.807, 2.05) is 0 Å². The van der Waals surface area contributed by atoms with Crippen molar-refractivity contribution in [3.63, 3.8) is 0 Å². The number of carbonyl (C=O) groups is 1. The second kappa shape index (κ2) is 5.24. The fraction of sp³-hybridized carbons (Fsp3) is 0.941. The normalized spacial score (nSPS) is 32.4. The van der Waals surface area contributed by atoms with Gasteiger partial charge in [0.15, 0.2) is 0 Å². The molecule has 2 aliphatic heterocycles. The summed E-state index contributed by atoms with van der Waals surface area (Å²) in [6.07, 6.45) is 2.32. The highest BCUT2D eigenvalue weighted by Gasteiger charge is 2.69. The van der Waals surface area contributed by atoms with Gasteiger partial charge in [0.1, 0.15) is 0 Å². The molecular weight excluding hydrogens is 264 g/mol. The Morgan fingerprint density at radius 1 is 1.10 bits per heavy atom. The molecule has 3 rings (SSSR count). The number of nitrogens with zero attached hydrogens (tertiary/aromatic N) is 2. The minimum atomic E-state index is 0.149. The predicted molar refractivity (Wildman–Crippen MR) is 83.0 cm³/mol. The zero-order valence-corrected chi connectivity index (χ0v) is 14.0. The third-order valence-corrected chi connectivity index (χ3v) is 6.50. The fourth-order valence-electron chi connectivity index (χ4n) is 4.38. The fourth-order valence-corrected chi connectivity index (χ4v) is 4.38. The van der Waals surface area contributed by atoms with Crippen LogP contribution in [0.4, 0.5) is 0 Å². The highest BCUT2D eigenvalue weighted by atomic mass is 16.5. The van der Waals surface area contributed by atoms with Gasteiger partial charge in [-0.05, 0) is 23.7 Å². The van der Waals surface area contributed by atoms with Crippen LogP contribution in [0.1, 0.15) is 40.5 Å². The summed E-state index contributed by atoms with van der Waals surface area (Å²) in [6, 6.07) is 0.419. The number of morpholine rings is 1. The third kappa shape index (κ3) is 2.50. The molecule has 0 spiro atoms. The van der Waals surface area contributed by atoms with Gasteiger partial charge in [0.2, 0.25) is 5.91 Å². The first-order chi connectivity index (χ1) is 9.85. The van der Waals surface area contributed by atoms with Crippen LogP contribution < -0.4 is 0 Å². The molecule has 0 N–H and O–H groups in total. The van der Waals surface area contributed by atoms with E-state index < -0.39 is 0 Å². The Bertz CT molecular complexity index is 399. The van der Waals surface area contributed by atoms with Crippen LogP contribution in [0.2, 0.25) is 0 Å². The molecule has 0 radical (unpaired) electrons. The van der Waals surface area contributed by atoms with E-state index >= 15 is 0 Å². The van der Waals surface area contributed by atoms with E-state index in [1.165, 1.54) is 0 Å². The summed E-state index contributed by atoms with van der Waals surface area (Å²) >= 11 is 0. The van der Waals surface area contributed by atoms with E-state index in [2.05, 4.69) is 37.5 Å². The largest absolute Gasteiger partial charge is 0.379 e. The maximum Gasteiger partial charge on any atom is 0.227 e. The molecule has 0 aromatic rings. The van der Waals surface area contributed by atoms with E-state index in [0.29, 0.717) is 11.9 Å². The first kappa shape index (κ1) is 15.3. The lowest BCUT2D eigenvalue weighted by Crippen LogP contribution is -2.47. The lowest BCUT2D eigenvalue weighted by Gasteiger charge is -2.33. The minimum Gasteiger partial charge on any atom is -0.379 e. The Hall–Kier alpha value is -0.610. The van der Waals surface area contributed by atoms with Gasteiger partial charge in [-0.3, -0.25) is 9.69 Å². The van der Waals surface area contributed by atoms with Crippen molar-refractivity contribution in [1.82, 2.24) is 9.80 Å². The molecule has 1 saturated carbocycles. The lowest BCUT2D eigenvalue weighted by molar-refractivity contribution is -0.135. The Balaban J connectivity index is 1.63. The van der Waals surface area contributed by atoms with Gasteiger partial charge in [0.25, 0.3) is 0 Å². The average Bonchev–Trinajstić information content (AvgIpc) is 2.77. The van der Waals surface area contributed by atoms with Crippen molar-refractivity contribution in [3.05, 3.63) is 0 Å². The van der Waals surface area contributed by atoms with Crippen LogP contribution in [-0.4, -0.2) is 61.1 Å². The van der Waals surface area contributed by atoms with E-state index in [-0.39, 0.29) is 16.7 Å². The molecule has 1 unspecified atom stereocenters. The van der Waals surface area contributed by atoms with Crippen LogP contribution in [0, 0.1) is 16.7 Å². The molecule has 0 aromatic carbocycles. The van der Waals surface area contributed by atoms with Crippen LogP contribution in [0.3, 0.4) is 0 Å². The highest BCUT2D eigenvalue weighted by Crippen LogP contribution is 2.69. The molecule has 4 nitrogen and oxygen atoms in total. The molecule has 1 aliphatic carbocycles. The standard InChI is InChI=1S/C17H30N2O2/c1-16(2)14(17(16,3)4)15(20)19-7-5-6-13(19)12-18-8-10-21-11-9-18/h13-14H,5-12H2,1-4H3. The molecule has 2 heterocycles. The van der Waals surface area contributed by atoms with E-state index in [4.69, 9.17) is 4.74 Å². The van der Waals surface area contributed by atoms with Gasteiger partial charge in [0.05, 0.1) is 13.2 Å². The Morgan fingerprint density at radius 3 is 2.29 bits per heavy atom. The van der Waals surface area contributed by atoms with Crippen molar-refractivity contribution in [3.8, 4) is 0 Å². The number of likely N-dealkylation sites (tertiary alicyclic amines) is 1. The van der Waals surface area contributed by atoms with E-state index in [1.54, 1.807) is 0 Å². The van der Waals surface area contributed by atoms with Crippen LogP contribution in [-0.2, 0) is 9.53 Å². The topological polar surface area (TPSA) is 32.8 Å². The van der Waals surface area contributed by atoms with Gasteiger partial charge in [0, 0.05) is 38.1 Å². The van der Waals surface area contributed by atoms with E-state index in [0.717, 1.165) is 52.2 Å². The average molecular weight is 294 g/mol. The zero-order valence-electron chi connectivity index (χ0n) is 14.0. The van der Waals surface area contributed by atoms with Crippen molar-refractivity contribution in [2.75, 3.05) is 39.4 Å². The molecule has 3 fully saturated rings. The first-order valence-electron chi connectivity index (χ1n) is 8.46. The molecule has 120 valence electrons. The van der Waals surface area contributed by atoms with Crippen molar-refractivity contribution in [2.24, 2.45) is 16.7 Å². The van der Waals surface area contributed by atoms with Crippen molar-refractivity contribution >= 4 is 5.91 Å². The molecule has 21 heavy (non-hydrogen) atoms. The molecule has 2 saturated heterocycles. The van der Waals surface area contributed by atoms with Gasteiger partial charge in [-0.2, -0.15) is 0 Å². The van der Waals surface area contributed by atoms with Crippen LogP contribution >= 0.6 is 0 Å². The zero-order chi connectivity index (χ0) is 15.3. The molecule has 1 atom stereocenters. The monoisotopic (exact) mass is 294 g/mol. The van der Waals surface area contributed by atoms with Crippen LogP contribution in [0.15, 0.2) is 0 Å². The lowest BCUT2D eigenvalue weighted by atomic mass is 10.0. The maximum absolute atomic E-state index is 13.0. The quantitative estimate of drug-likeness (QED) is 0.798. The Morgan fingerprint density at radius 2 is 1.71 bits per heavy atom. The molecule has 3 aliphatic rings. The van der Waals surface area contributed by atoms with Gasteiger partial charge in [-0.25, -0.2) is 0 Å². The SMILES string of the molecule is CC1(C)C(C(=O)N2CCCC2CN2CCOCC2)C1(C)C. The van der Waals surface area contributed by atoms with Crippen molar-refractivity contribution in [2.45, 2.75) is 46.6 Å². The van der Waals surface area contributed by atoms with Crippen LogP contribution in [0.25, 0.3) is 0 Å². The first-order valence-corrected chi connectivity index (χ1v) is 8.46. The molecule has 0 bridgehead atoms. The maximum atomic E-state index is 13.0. The third-order valence-electron chi connectivity index (χ3n) is 6.50. The number of hydrogen-bond acceptors (Lipinski definition) is 3. The van der Waals surface area contributed by atoms with E-state index in [9.17, 15) is 4.79 Å². The molecule has 1 amide bonds. The van der Waals surface area contributed by atoms with Crippen molar-refractivity contribution in [1.29, 1.82) is 0 Å². The van der Waals surface area contributed by atoms with Gasteiger partial charge in [-0.15, -0.1) is 0 Å². The van der Waals surface area contributed by atoms with Gasteiger partial charge >= 0.3 is 0 Å². The number of amides is 1. The predicted octanol–water partition coefficient (Wildman–Crippen LogP) is 1.99. The summed E-state index contributed by atoms with van der Waals surface area (Å²) in [4.78, 5) is 17.6. The highest BCUT2D eigenvalue weighted by molar-refractivity contribution is 5.84. The Kier molecular flexibility index (Phi) is 3.81. The summed E-state index contributed by atoms with van der Waals surface area (Å²) in [7, 11) is 0. The number of ether oxygens (including phenoxy) is 1. The summed E-state index contributed by atoms with van der Waals surface area (Å²) in [5, 5.41) is 0. The summed E-state index contributed by atoms with van der Waals surface area (Å²) in [5.41, 5.74) is 0.298. The van der Waals surface area contributed by atoms with Gasteiger partial charge < -0.3 is 9.64 Å². The summed E-state index contributed by atoms with van der Waals surface area (Å²) in [6.45, 7) is 14.6.